The van der Waals surface area contributed by atoms with Gasteiger partial charge in [-0.15, -0.1) is 0 Å². The van der Waals surface area contributed by atoms with E-state index in [0.29, 0.717) is 36.0 Å². The van der Waals surface area contributed by atoms with Gasteiger partial charge in [0.2, 0.25) is 5.91 Å². The summed E-state index contributed by atoms with van der Waals surface area (Å²) in [5, 5.41) is 1.11. The summed E-state index contributed by atoms with van der Waals surface area (Å²) in [5.74, 6) is 0.127. The third-order valence-electron chi connectivity index (χ3n) is 4.10. The molecule has 1 fully saturated rings. The molecule has 0 bridgehead atoms. The van der Waals surface area contributed by atoms with Crippen molar-refractivity contribution < 1.29 is 4.79 Å². The van der Waals surface area contributed by atoms with E-state index in [0.717, 1.165) is 5.56 Å². The molecule has 110 valence electrons. The molecular formula is C15H20Cl2N2O. The fourth-order valence-electron chi connectivity index (χ4n) is 3.01. The maximum Gasteiger partial charge on any atom is 0.233 e. The van der Waals surface area contributed by atoms with Gasteiger partial charge in [0.15, 0.2) is 0 Å². The van der Waals surface area contributed by atoms with E-state index >= 15 is 0 Å². The number of nitrogens with zero attached hydrogens (tertiary/aromatic N) is 1. The molecule has 1 aliphatic carbocycles. The van der Waals surface area contributed by atoms with Gasteiger partial charge >= 0.3 is 0 Å². The molecule has 2 rings (SSSR count). The van der Waals surface area contributed by atoms with Gasteiger partial charge in [-0.25, -0.2) is 0 Å². The van der Waals surface area contributed by atoms with E-state index in [1.165, 1.54) is 0 Å². The number of likely N-dealkylation sites (N-methyl/N-ethyl adjacent to an activating group) is 1. The minimum absolute atomic E-state index is 0.0623. The third kappa shape index (κ3) is 2.67. The van der Waals surface area contributed by atoms with Crippen molar-refractivity contribution in [2.75, 3.05) is 13.1 Å². The van der Waals surface area contributed by atoms with Crippen LogP contribution >= 0.6 is 23.2 Å². The van der Waals surface area contributed by atoms with Gasteiger partial charge in [-0.1, -0.05) is 23.2 Å². The number of carbonyl (C=O) groups is 1. The summed E-state index contributed by atoms with van der Waals surface area (Å²) in [6.45, 7) is 5.36. The van der Waals surface area contributed by atoms with Crippen molar-refractivity contribution in [2.24, 2.45) is 5.73 Å². The molecule has 0 radical (unpaired) electrons. The maximum absolute atomic E-state index is 12.9. The second kappa shape index (κ2) is 5.92. The molecule has 1 aromatic rings. The standard InChI is InChI=1S/C15H20Cl2N2O/c1-3-19(4-2)14(20)15(8-13(18)9-15)10-5-11(16)7-12(17)6-10/h5-7,13H,3-4,8-9,18H2,1-2H3. The lowest BCUT2D eigenvalue weighted by molar-refractivity contribution is -0.141. The van der Waals surface area contributed by atoms with E-state index in [1.54, 1.807) is 6.07 Å². The summed E-state index contributed by atoms with van der Waals surface area (Å²) in [6.07, 6.45) is 1.30. The van der Waals surface area contributed by atoms with Gasteiger partial charge in [0, 0.05) is 29.2 Å². The fourth-order valence-corrected chi connectivity index (χ4v) is 3.54. The normalized spacial score (nSPS) is 25.1. The van der Waals surface area contributed by atoms with Crippen LogP contribution in [0.5, 0.6) is 0 Å². The van der Waals surface area contributed by atoms with Gasteiger partial charge in [0.05, 0.1) is 5.41 Å². The average molecular weight is 315 g/mol. The quantitative estimate of drug-likeness (QED) is 0.927. The summed E-state index contributed by atoms with van der Waals surface area (Å²) in [7, 11) is 0. The van der Waals surface area contributed by atoms with Crippen LogP contribution in [0.1, 0.15) is 32.3 Å². The lowest BCUT2D eigenvalue weighted by Gasteiger charge is -2.47. The van der Waals surface area contributed by atoms with E-state index in [1.807, 2.05) is 30.9 Å². The van der Waals surface area contributed by atoms with Crippen molar-refractivity contribution in [3.63, 3.8) is 0 Å². The number of halogens is 2. The Kier molecular flexibility index (Phi) is 4.62. The third-order valence-corrected chi connectivity index (χ3v) is 4.53. The first-order valence-electron chi connectivity index (χ1n) is 6.94. The Morgan fingerprint density at radius 3 is 2.15 bits per heavy atom. The molecule has 0 atom stereocenters. The van der Waals surface area contributed by atoms with Crippen LogP contribution in [-0.4, -0.2) is 29.9 Å². The minimum atomic E-state index is -0.556. The Bertz CT molecular complexity index is 488. The highest BCUT2D eigenvalue weighted by molar-refractivity contribution is 6.34. The highest BCUT2D eigenvalue weighted by Crippen LogP contribution is 2.45. The first-order valence-corrected chi connectivity index (χ1v) is 7.70. The van der Waals surface area contributed by atoms with E-state index in [9.17, 15) is 4.79 Å². The first kappa shape index (κ1) is 15.6. The summed E-state index contributed by atoms with van der Waals surface area (Å²) in [6, 6.07) is 5.41. The predicted molar refractivity (Wildman–Crippen MR) is 83.3 cm³/mol. The molecule has 0 spiro atoms. The van der Waals surface area contributed by atoms with Crippen molar-refractivity contribution in [2.45, 2.75) is 38.1 Å². The number of carbonyl (C=O) groups excluding carboxylic acids is 1. The summed E-state index contributed by atoms with van der Waals surface area (Å²) < 4.78 is 0. The van der Waals surface area contributed by atoms with Crippen LogP contribution in [0.4, 0.5) is 0 Å². The maximum atomic E-state index is 12.9. The zero-order valence-corrected chi connectivity index (χ0v) is 13.3. The van der Waals surface area contributed by atoms with Crippen molar-refractivity contribution in [1.29, 1.82) is 0 Å². The van der Waals surface area contributed by atoms with Crippen LogP contribution in [0.25, 0.3) is 0 Å². The van der Waals surface area contributed by atoms with Gasteiger partial charge in [-0.2, -0.15) is 0 Å². The molecule has 1 aromatic carbocycles. The van der Waals surface area contributed by atoms with E-state index < -0.39 is 5.41 Å². The fraction of sp³-hybridized carbons (Fsp3) is 0.533. The van der Waals surface area contributed by atoms with Gasteiger partial charge in [-0.05, 0) is 50.5 Å². The Balaban J connectivity index is 2.42. The monoisotopic (exact) mass is 314 g/mol. The van der Waals surface area contributed by atoms with Gasteiger partial charge < -0.3 is 10.6 Å². The number of benzene rings is 1. The van der Waals surface area contributed by atoms with E-state index in [-0.39, 0.29) is 11.9 Å². The smallest absolute Gasteiger partial charge is 0.233 e. The predicted octanol–water partition coefficient (Wildman–Crippen LogP) is 3.22. The number of hydrogen-bond acceptors (Lipinski definition) is 2. The Labute approximate surface area is 130 Å². The van der Waals surface area contributed by atoms with Crippen molar-refractivity contribution in [3.8, 4) is 0 Å². The lowest BCUT2D eigenvalue weighted by Crippen LogP contribution is -2.58. The molecular weight excluding hydrogens is 295 g/mol. The summed E-state index contributed by atoms with van der Waals surface area (Å²) in [5.41, 5.74) is 6.28. The Hall–Kier alpha value is -0.770. The van der Waals surface area contributed by atoms with Crippen LogP contribution in [0, 0.1) is 0 Å². The zero-order chi connectivity index (χ0) is 14.9. The average Bonchev–Trinajstić information content (AvgIpc) is 2.34. The van der Waals surface area contributed by atoms with E-state index in [2.05, 4.69) is 0 Å². The molecule has 5 heteroatoms. The number of hydrogen-bond donors (Lipinski definition) is 1. The second-order valence-corrected chi connectivity index (χ2v) is 6.26. The van der Waals surface area contributed by atoms with Crippen molar-refractivity contribution in [3.05, 3.63) is 33.8 Å². The molecule has 2 N–H and O–H groups in total. The molecule has 20 heavy (non-hydrogen) atoms. The summed E-state index contributed by atoms with van der Waals surface area (Å²) in [4.78, 5) is 14.7. The minimum Gasteiger partial charge on any atom is -0.342 e. The molecule has 3 nitrogen and oxygen atoms in total. The van der Waals surface area contributed by atoms with Crippen molar-refractivity contribution >= 4 is 29.1 Å². The molecule has 1 aliphatic rings. The number of amides is 1. The highest BCUT2D eigenvalue weighted by Gasteiger charge is 2.51. The summed E-state index contributed by atoms with van der Waals surface area (Å²) >= 11 is 12.2. The first-order chi connectivity index (χ1) is 9.42. The second-order valence-electron chi connectivity index (χ2n) is 5.39. The van der Waals surface area contributed by atoms with Crippen LogP contribution in [0.3, 0.4) is 0 Å². The van der Waals surface area contributed by atoms with Crippen LogP contribution < -0.4 is 5.73 Å². The Morgan fingerprint density at radius 1 is 1.25 bits per heavy atom. The van der Waals surface area contributed by atoms with Gasteiger partial charge in [0.25, 0.3) is 0 Å². The molecule has 0 heterocycles. The molecule has 0 aliphatic heterocycles. The van der Waals surface area contributed by atoms with Gasteiger partial charge in [0.1, 0.15) is 0 Å². The van der Waals surface area contributed by atoms with E-state index in [4.69, 9.17) is 28.9 Å². The number of rotatable bonds is 4. The molecule has 1 saturated carbocycles. The van der Waals surface area contributed by atoms with Crippen LogP contribution in [-0.2, 0) is 10.2 Å². The number of nitrogens with two attached hydrogens (primary N) is 1. The molecule has 0 aromatic heterocycles. The topological polar surface area (TPSA) is 46.3 Å². The lowest BCUT2D eigenvalue weighted by atomic mass is 9.61. The largest absolute Gasteiger partial charge is 0.342 e. The molecule has 0 saturated heterocycles. The highest BCUT2D eigenvalue weighted by atomic mass is 35.5. The Morgan fingerprint density at radius 2 is 1.75 bits per heavy atom. The van der Waals surface area contributed by atoms with Crippen LogP contribution in [0.15, 0.2) is 18.2 Å². The zero-order valence-electron chi connectivity index (χ0n) is 11.8. The van der Waals surface area contributed by atoms with Gasteiger partial charge in [-0.3, -0.25) is 4.79 Å². The van der Waals surface area contributed by atoms with Crippen LogP contribution in [0.2, 0.25) is 10.0 Å². The molecule has 1 amide bonds. The van der Waals surface area contributed by atoms with Crippen molar-refractivity contribution in [1.82, 2.24) is 4.90 Å². The molecule has 0 unspecified atom stereocenters. The SMILES string of the molecule is CCN(CC)C(=O)C1(c2cc(Cl)cc(Cl)c2)CC(N)C1.